The molecule has 158 valence electrons. The summed E-state index contributed by atoms with van der Waals surface area (Å²) in [4.78, 5) is 19.1. The predicted molar refractivity (Wildman–Crippen MR) is 115 cm³/mol. The first-order valence-electron chi connectivity index (χ1n) is 9.37. The lowest BCUT2D eigenvalue weighted by molar-refractivity contribution is -0.137. The van der Waals surface area contributed by atoms with Gasteiger partial charge in [0.2, 0.25) is 0 Å². The number of carbonyl (C=O) groups is 1. The summed E-state index contributed by atoms with van der Waals surface area (Å²) in [5, 5.41) is 12.3. The van der Waals surface area contributed by atoms with E-state index in [0.29, 0.717) is 51.4 Å². The molecule has 0 aliphatic carbocycles. The third kappa shape index (κ3) is 5.56. The molecule has 0 amide bonds. The maximum absolute atomic E-state index is 14.2. The molecule has 0 saturated carbocycles. The largest absolute Gasteiger partial charge is 0.493 e. The van der Waals surface area contributed by atoms with Crippen LogP contribution in [0.1, 0.15) is 25.7 Å². The van der Waals surface area contributed by atoms with E-state index >= 15 is 0 Å². The average molecular weight is 478 g/mol. The van der Waals surface area contributed by atoms with Crippen LogP contribution in [0.25, 0.3) is 10.9 Å². The lowest BCUT2D eigenvalue weighted by Crippen LogP contribution is -2.02. The normalized spacial score (nSPS) is 10.8. The Balaban J connectivity index is 1.77. The van der Waals surface area contributed by atoms with Gasteiger partial charge >= 0.3 is 5.97 Å². The highest BCUT2D eigenvalue weighted by atomic mass is 79.9. The Labute approximate surface area is 181 Å². The molecule has 0 radical (unpaired) electrons. The number of aliphatic carboxylic acids is 1. The van der Waals surface area contributed by atoms with E-state index in [1.807, 2.05) is 0 Å². The number of carboxylic acid groups (broad SMARTS) is 1. The number of halogens is 2. The highest BCUT2D eigenvalue weighted by Crippen LogP contribution is 2.35. The van der Waals surface area contributed by atoms with Crippen molar-refractivity contribution in [2.75, 3.05) is 19.0 Å². The van der Waals surface area contributed by atoms with Gasteiger partial charge in [-0.2, -0.15) is 0 Å². The second-order valence-electron chi connectivity index (χ2n) is 6.54. The average Bonchev–Trinajstić information content (AvgIpc) is 2.72. The molecule has 0 aliphatic rings. The van der Waals surface area contributed by atoms with Crippen molar-refractivity contribution in [2.45, 2.75) is 25.7 Å². The third-order valence-electron chi connectivity index (χ3n) is 4.40. The zero-order valence-electron chi connectivity index (χ0n) is 16.3. The van der Waals surface area contributed by atoms with Crippen LogP contribution in [0.5, 0.6) is 11.5 Å². The molecular formula is C21H21BrFN3O4. The first-order chi connectivity index (χ1) is 14.5. The van der Waals surface area contributed by atoms with Crippen LogP contribution in [-0.4, -0.2) is 34.8 Å². The van der Waals surface area contributed by atoms with Gasteiger partial charge in [0.25, 0.3) is 0 Å². The molecule has 30 heavy (non-hydrogen) atoms. The second-order valence-corrected chi connectivity index (χ2v) is 7.46. The van der Waals surface area contributed by atoms with Crippen LogP contribution in [-0.2, 0) is 4.79 Å². The van der Waals surface area contributed by atoms with E-state index in [0.717, 1.165) is 12.8 Å². The van der Waals surface area contributed by atoms with Crippen molar-refractivity contribution in [3.05, 3.63) is 46.9 Å². The lowest BCUT2D eigenvalue weighted by Gasteiger charge is -2.14. The Morgan fingerprint density at radius 3 is 2.73 bits per heavy atom. The molecule has 0 atom stereocenters. The van der Waals surface area contributed by atoms with Crippen LogP contribution in [0.3, 0.4) is 0 Å². The van der Waals surface area contributed by atoms with Crippen molar-refractivity contribution in [1.82, 2.24) is 9.97 Å². The number of unbranched alkanes of at least 4 members (excludes halogenated alkanes) is 2. The van der Waals surface area contributed by atoms with Crippen molar-refractivity contribution in [1.29, 1.82) is 0 Å². The SMILES string of the molecule is COc1cc2c(Nc3ccc(Br)cc3F)ncnc2cc1OCCCCCC(=O)O. The Morgan fingerprint density at radius 1 is 1.17 bits per heavy atom. The first kappa shape index (κ1) is 21.8. The fraction of sp³-hybridized carbons (Fsp3) is 0.286. The van der Waals surface area contributed by atoms with E-state index in [-0.39, 0.29) is 6.42 Å². The lowest BCUT2D eigenvalue weighted by atomic mass is 10.2. The van der Waals surface area contributed by atoms with Crippen molar-refractivity contribution in [3.63, 3.8) is 0 Å². The Bertz CT molecular complexity index is 1050. The number of hydrogen-bond acceptors (Lipinski definition) is 6. The molecule has 7 nitrogen and oxygen atoms in total. The molecule has 2 aromatic carbocycles. The highest BCUT2D eigenvalue weighted by molar-refractivity contribution is 9.10. The summed E-state index contributed by atoms with van der Waals surface area (Å²) >= 11 is 3.24. The summed E-state index contributed by atoms with van der Waals surface area (Å²) < 4.78 is 26.1. The van der Waals surface area contributed by atoms with E-state index < -0.39 is 11.8 Å². The molecule has 9 heteroatoms. The minimum Gasteiger partial charge on any atom is -0.493 e. The maximum atomic E-state index is 14.2. The van der Waals surface area contributed by atoms with E-state index in [1.165, 1.54) is 19.5 Å². The molecule has 0 aliphatic heterocycles. The number of carboxylic acids is 1. The van der Waals surface area contributed by atoms with Gasteiger partial charge in [0, 0.05) is 22.3 Å². The summed E-state index contributed by atoms with van der Waals surface area (Å²) in [6.07, 6.45) is 3.65. The zero-order valence-corrected chi connectivity index (χ0v) is 17.9. The summed E-state index contributed by atoms with van der Waals surface area (Å²) in [5.74, 6) is 0.273. The van der Waals surface area contributed by atoms with E-state index in [1.54, 1.807) is 24.3 Å². The van der Waals surface area contributed by atoms with Crippen LogP contribution >= 0.6 is 15.9 Å². The number of rotatable bonds is 10. The van der Waals surface area contributed by atoms with Crippen LogP contribution in [0.4, 0.5) is 15.9 Å². The number of aromatic nitrogens is 2. The fourth-order valence-corrected chi connectivity index (χ4v) is 3.22. The predicted octanol–water partition coefficient (Wildman–Crippen LogP) is 5.31. The standard InChI is InChI=1S/C21H21BrFN3O4/c1-29-18-10-14-17(11-19(18)30-8-4-2-3-5-20(27)28)24-12-25-21(14)26-16-7-6-13(22)9-15(16)23/h6-7,9-12H,2-5,8H2,1H3,(H,27,28)(H,24,25,26). The molecular weight excluding hydrogens is 457 g/mol. The highest BCUT2D eigenvalue weighted by Gasteiger charge is 2.13. The molecule has 0 bridgehead atoms. The second kappa shape index (κ2) is 10.2. The molecule has 0 saturated heterocycles. The number of anilines is 2. The van der Waals surface area contributed by atoms with Gasteiger partial charge in [0.1, 0.15) is 18.0 Å². The number of benzene rings is 2. The molecule has 3 rings (SSSR count). The van der Waals surface area contributed by atoms with Gasteiger partial charge in [-0.3, -0.25) is 4.79 Å². The van der Waals surface area contributed by atoms with Gasteiger partial charge < -0.3 is 19.9 Å². The van der Waals surface area contributed by atoms with Crippen LogP contribution in [0, 0.1) is 5.82 Å². The molecule has 1 heterocycles. The summed E-state index contributed by atoms with van der Waals surface area (Å²) in [5.41, 5.74) is 0.908. The number of nitrogens with one attached hydrogen (secondary N) is 1. The molecule has 3 aromatic rings. The number of nitrogens with zero attached hydrogens (tertiary/aromatic N) is 2. The monoisotopic (exact) mass is 477 g/mol. The number of methoxy groups -OCH3 is 1. The minimum absolute atomic E-state index is 0.158. The van der Waals surface area contributed by atoms with Crippen molar-refractivity contribution in [2.24, 2.45) is 0 Å². The zero-order chi connectivity index (χ0) is 21.5. The Kier molecular flexibility index (Phi) is 7.40. The molecule has 0 spiro atoms. The van der Waals surface area contributed by atoms with E-state index in [9.17, 15) is 9.18 Å². The van der Waals surface area contributed by atoms with E-state index in [2.05, 4.69) is 31.2 Å². The van der Waals surface area contributed by atoms with Gasteiger partial charge in [-0.1, -0.05) is 15.9 Å². The van der Waals surface area contributed by atoms with Gasteiger partial charge in [-0.25, -0.2) is 14.4 Å². The molecule has 0 unspecified atom stereocenters. The van der Waals surface area contributed by atoms with Crippen molar-refractivity contribution in [3.8, 4) is 11.5 Å². The van der Waals surface area contributed by atoms with Crippen molar-refractivity contribution >= 4 is 44.3 Å². The smallest absolute Gasteiger partial charge is 0.303 e. The molecule has 0 fully saturated rings. The Hall–Kier alpha value is -2.94. The van der Waals surface area contributed by atoms with Crippen LogP contribution in [0.2, 0.25) is 0 Å². The van der Waals surface area contributed by atoms with Crippen LogP contribution < -0.4 is 14.8 Å². The van der Waals surface area contributed by atoms with Crippen molar-refractivity contribution < 1.29 is 23.8 Å². The van der Waals surface area contributed by atoms with Gasteiger partial charge in [-0.15, -0.1) is 0 Å². The molecule has 1 aromatic heterocycles. The summed E-state index contributed by atoms with van der Waals surface area (Å²) in [6, 6.07) is 8.21. The first-order valence-corrected chi connectivity index (χ1v) is 10.2. The maximum Gasteiger partial charge on any atom is 0.303 e. The third-order valence-corrected chi connectivity index (χ3v) is 4.89. The summed E-state index contributed by atoms with van der Waals surface area (Å²) in [7, 11) is 1.53. The summed E-state index contributed by atoms with van der Waals surface area (Å²) in [6.45, 7) is 0.432. The van der Waals surface area contributed by atoms with Gasteiger partial charge in [0.05, 0.1) is 24.9 Å². The number of fused-ring (bicyclic) bond motifs is 1. The Morgan fingerprint density at radius 2 is 2.00 bits per heavy atom. The fourth-order valence-electron chi connectivity index (χ4n) is 2.89. The van der Waals surface area contributed by atoms with Crippen LogP contribution in [0.15, 0.2) is 41.1 Å². The van der Waals surface area contributed by atoms with E-state index in [4.69, 9.17) is 14.6 Å². The minimum atomic E-state index is -0.792. The number of hydrogen-bond donors (Lipinski definition) is 2. The molecule has 2 N–H and O–H groups in total. The van der Waals surface area contributed by atoms with Gasteiger partial charge in [0.15, 0.2) is 11.5 Å². The van der Waals surface area contributed by atoms with Gasteiger partial charge in [-0.05, 0) is 43.5 Å². The quantitative estimate of drug-likeness (QED) is 0.382. The number of ether oxygens (including phenoxy) is 2. The topological polar surface area (TPSA) is 93.6 Å².